The fraction of sp³-hybridized carbons (Fsp3) is 0.500. The number of rotatable bonds is 3. The number of alkyl halides is 6. The number of halogens is 6. The van der Waals surface area contributed by atoms with Crippen LogP contribution in [-0.4, -0.2) is 40.4 Å². The lowest BCUT2D eigenvalue weighted by atomic mass is 9.94. The van der Waals surface area contributed by atoms with Gasteiger partial charge in [-0.05, 0) is 23.8 Å². The van der Waals surface area contributed by atoms with E-state index in [2.05, 4.69) is 0 Å². The Morgan fingerprint density at radius 2 is 1.54 bits per heavy atom. The van der Waals surface area contributed by atoms with Gasteiger partial charge in [-0.1, -0.05) is 0 Å². The van der Waals surface area contributed by atoms with Gasteiger partial charge in [-0.3, -0.25) is 4.79 Å². The van der Waals surface area contributed by atoms with Crippen LogP contribution in [0.4, 0.5) is 26.3 Å². The van der Waals surface area contributed by atoms with Crippen LogP contribution in [0.15, 0.2) is 18.2 Å². The standard InChI is InChI=1S/C14H13F6NO3/c15-13(16,17)9-1-7(2-10(4-9)14(18,19)20)8-3-11(22)21(5-8)6-12(23)24/h1-2,4,8,12,23-24H,3,5-6H2. The Morgan fingerprint density at radius 3 is 1.96 bits per heavy atom. The number of amides is 1. The minimum Gasteiger partial charge on any atom is -0.367 e. The van der Waals surface area contributed by atoms with Gasteiger partial charge in [-0.2, -0.15) is 26.3 Å². The van der Waals surface area contributed by atoms with E-state index in [4.69, 9.17) is 10.2 Å². The zero-order valence-electron chi connectivity index (χ0n) is 12.0. The predicted molar refractivity (Wildman–Crippen MR) is 68.6 cm³/mol. The normalized spacial score (nSPS) is 19.5. The topological polar surface area (TPSA) is 60.8 Å². The highest BCUT2D eigenvalue weighted by Gasteiger charge is 2.39. The lowest BCUT2D eigenvalue weighted by Crippen LogP contribution is -2.33. The summed E-state index contributed by atoms with van der Waals surface area (Å²) in [5.74, 6) is -1.46. The molecule has 134 valence electrons. The average molecular weight is 357 g/mol. The van der Waals surface area contributed by atoms with Gasteiger partial charge in [0, 0.05) is 18.9 Å². The summed E-state index contributed by atoms with van der Waals surface area (Å²) in [5, 5.41) is 17.7. The third-order valence-electron chi connectivity index (χ3n) is 3.68. The number of aliphatic hydroxyl groups is 2. The van der Waals surface area contributed by atoms with Crippen LogP contribution < -0.4 is 0 Å². The first-order valence-corrected chi connectivity index (χ1v) is 6.81. The van der Waals surface area contributed by atoms with Gasteiger partial charge in [0.25, 0.3) is 0 Å². The summed E-state index contributed by atoms with van der Waals surface area (Å²) in [6.45, 7) is -0.643. The van der Waals surface area contributed by atoms with Crippen LogP contribution in [0, 0.1) is 0 Å². The second-order valence-electron chi connectivity index (χ2n) is 5.52. The number of aliphatic hydroxyl groups excluding tert-OH is 1. The quantitative estimate of drug-likeness (QED) is 0.645. The lowest BCUT2D eigenvalue weighted by molar-refractivity contribution is -0.143. The number of carbonyl (C=O) groups is 1. The Bertz CT molecular complexity index is 594. The first-order chi connectivity index (χ1) is 10.9. The summed E-state index contributed by atoms with van der Waals surface area (Å²) in [5.41, 5.74) is -3.15. The maximum absolute atomic E-state index is 12.8. The summed E-state index contributed by atoms with van der Waals surface area (Å²) in [7, 11) is 0. The molecule has 4 nitrogen and oxygen atoms in total. The molecule has 0 saturated carbocycles. The zero-order chi connectivity index (χ0) is 18.3. The average Bonchev–Trinajstić information content (AvgIpc) is 2.77. The Hall–Kier alpha value is -1.81. The van der Waals surface area contributed by atoms with E-state index in [-0.39, 0.29) is 24.6 Å². The molecule has 1 aromatic rings. The summed E-state index contributed by atoms with van der Waals surface area (Å²) in [6.07, 6.45) is -12.1. The summed E-state index contributed by atoms with van der Waals surface area (Å²) < 4.78 is 77.0. The molecule has 1 unspecified atom stereocenters. The van der Waals surface area contributed by atoms with E-state index in [1.54, 1.807) is 0 Å². The maximum Gasteiger partial charge on any atom is 0.416 e. The van der Waals surface area contributed by atoms with Crippen LogP contribution in [0.3, 0.4) is 0 Å². The maximum atomic E-state index is 12.8. The van der Waals surface area contributed by atoms with Crippen LogP contribution in [-0.2, 0) is 17.1 Å². The van der Waals surface area contributed by atoms with Gasteiger partial charge >= 0.3 is 12.4 Å². The molecule has 1 amide bonds. The minimum absolute atomic E-state index is 0.0233. The first-order valence-electron chi connectivity index (χ1n) is 6.81. The van der Waals surface area contributed by atoms with Crippen molar-refractivity contribution in [2.45, 2.75) is 31.0 Å². The van der Waals surface area contributed by atoms with E-state index in [0.29, 0.717) is 12.1 Å². The van der Waals surface area contributed by atoms with Crippen molar-refractivity contribution in [3.8, 4) is 0 Å². The molecule has 0 aliphatic carbocycles. The SMILES string of the molecule is O=C1CC(c2cc(C(F)(F)F)cc(C(F)(F)F)c2)CN1CC(O)O. The largest absolute Gasteiger partial charge is 0.416 e. The van der Waals surface area contributed by atoms with Crippen LogP contribution in [0.5, 0.6) is 0 Å². The smallest absolute Gasteiger partial charge is 0.367 e. The van der Waals surface area contributed by atoms with E-state index >= 15 is 0 Å². The van der Waals surface area contributed by atoms with Crippen molar-refractivity contribution in [3.05, 3.63) is 34.9 Å². The van der Waals surface area contributed by atoms with Gasteiger partial charge in [0.1, 0.15) is 0 Å². The molecule has 1 fully saturated rings. The van der Waals surface area contributed by atoms with E-state index < -0.39 is 48.1 Å². The molecule has 0 bridgehead atoms. The van der Waals surface area contributed by atoms with Gasteiger partial charge in [0.2, 0.25) is 5.91 Å². The zero-order valence-corrected chi connectivity index (χ0v) is 12.0. The second-order valence-corrected chi connectivity index (χ2v) is 5.52. The summed E-state index contributed by atoms with van der Waals surface area (Å²) >= 11 is 0. The van der Waals surface area contributed by atoms with E-state index in [1.165, 1.54) is 0 Å². The molecule has 1 atom stereocenters. The lowest BCUT2D eigenvalue weighted by Gasteiger charge is -2.19. The minimum atomic E-state index is -4.96. The third kappa shape index (κ3) is 4.18. The molecular formula is C14H13F6NO3. The predicted octanol–water partition coefficient (Wildman–Crippen LogP) is 2.35. The highest BCUT2D eigenvalue weighted by atomic mass is 19.4. The molecule has 0 spiro atoms. The number of nitrogens with zero attached hydrogens (tertiary/aromatic N) is 1. The molecule has 2 rings (SSSR count). The van der Waals surface area contributed by atoms with Crippen molar-refractivity contribution >= 4 is 5.91 Å². The van der Waals surface area contributed by atoms with Crippen molar-refractivity contribution in [1.29, 1.82) is 0 Å². The number of benzene rings is 1. The van der Waals surface area contributed by atoms with Crippen molar-refractivity contribution in [2.24, 2.45) is 0 Å². The van der Waals surface area contributed by atoms with Crippen LogP contribution in [0.1, 0.15) is 29.0 Å². The molecule has 1 aliphatic heterocycles. The fourth-order valence-electron chi connectivity index (χ4n) is 2.58. The molecular weight excluding hydrogens is 344 g/mol. The van der Waals surface area contributed by atoms with Crippen molar-refractivity contribution in [1.82, 2.24) is 4.90 Å². The molecule has 24 heavy (non-hydrogen) atoms. The first kappa shape index (κ1) is 18.5. The number of hydrogen-bond acceptors (Lipinski definition) is 3. The molecule has 0 radical (unpaired) electrons. The second kappa shape index (κ2) is 6.25. The Labute approximate surface area is 132 Å². The van der Waals surface area contributed by atoms with Gasteiger partial charge in [-0.25, -0.2) is 0 Å². The van der Waals surface area contributed by atoms with Crippen molar-refractivity contribution in [3.63, 3.8) is 0 Å². The monoisotopic (exact) mass is 357 g/mol. The van der Waals surface area contributed by atoms with Gasteiger partial charge < -0.3 is 15.1 Å². The summed E-state index contributed by atoms with van der Waals surface area (Å²) in [4.78, 5) is 12.7. The summed E-state index contributed by atoms with van der Waals surface area (Å²) in [6, 6.07) is 1.20. The number of β-amino-alcohol motifs (C(OH)–C–C–N with tert-alkyl or cyclic N) is 2. The van der Waals surface area contributed by atoms with Crippen LogP contribution in [0.2, 0.25) is 0 Å². The van der Waals surface area contributed by atoms with Gasteiger partial charge in [-0.15, -0.1) is 0 Å². The number of carbonyl (C=O) groups excluding carboxylic acids is 1. The molecule has 10 heteroatoms. The Kier molecular flexibility index (Phi) is 4.82. The van der Waals surface area contributed by atoms with E-state index in [1.807, 2.05) is 0 Å². The molecule has 1 aliphatic rings. The van der Waals surface area contributed by atoms with Gasteiger partial charge in [0.05, 0.1) is 17.7 Å². The van der Waals surface area contributed by atoms with E-state index in [0.717, 1.165) is 4.90 Å². The Morgan fingerprint density at radius 1 is 1.04 bits per heavy atom. The molecule has 2 N–H and O–H groups in total. The highest BCUT2D eigenvalue weighted by molar-refractivity contribution is 5.79. The molecule has 0 aromatic heterocycles. The molecule has 1 aromatic carbocycles. The van der Waals surface area contributed by atoms with E-state index in [9.17, 15) is 31.1 Å². The van der Waals surface area contributed by atoms with Crippen LogP contribution >= 0.6 is 0 Å². The number of likely N-dealkylation sites (tertiary alicyclic amines) is 1. The van der Waals surface area contributed by atoms with Gasteiger partial charge in [0.15, 0.2) is 6.29 Å². The number of hydrogen-bond donors (Lipinski definition) is 2. The molecule has 1 saturated heterocycles. The van der Waals surface area contributed by atoms with Crippen molar-refractivity contribution in [2.75, 3.05) is 13.1 Å². The fourth-order valence-corrected chi connectivity index (χ4v) is 2.58. The van der Waals surface area contributed by atoms with Crippen LogP contribution in [0.25, 0.3) is 0 Å². The highest BCUT2D eigenvalue weighted by Crippen LogP contribution is 2.39. The van der Waals surface area contributed by atoms with Crippen molar-refractivity contribution < 1.29 is 41.4 Å². The Balaban J connectivity index is 2.38. The molecule has 1 heterocycles. The third-order valence-corrected chi connectivity index (χ3v) is 3.68.